The summed E-state index contributed by atoms with van der Waals surface area (Å²) in [6.07, 6.45) is 2.53. The van der Waals surface area contributed by atoms with E-state index in [0.29, 0.717) is 17.3 Å². The van der Waals surface area contributed by atoms with Crippen molar-refractivity contribution in [3.8, 4) is 17.0 Å². The van der Waals surface area contributed by atoms with Gasteiger partial charge in [0, 0.05) is 28.8 Å². The van der Waals surface area contributed by atoms with Gasteiger partial charge in [0.1, 0.15) is 5.76 Å². The average molecular weight is 329 g/mol. The lowest BCUT2D eigenvalue weighted by atomic mass is 10.0. The van der Waals surface area contributed by atoms with Crippen molar-refractivity contribution in [1.82, 2.24) is 10.1 Å². The van der Waals surface area contributed by atoms with Crippen molar-refractivity contribution in [2.75, 3.05) is 7.11 Å². The van der Waals surface area contributed by atoms with Gasteiger partial charge in [0.15, 0.2) is 0 Å². The van der Waals surface area contributed by atoms with Crippen molar-refractivity contribution < 1.29 is 9.26 Å². The number of pyridine rings is 1. The summed E-state index contributed by atoms with van der Waals surface area (Å²) >= 11 is 6.10. The van der Waals surface area contributed by atoms with Crippen molar-refractivity contribution in [3.63, 3.8) is 0 Å². The van der Waals surface area contributed by atoms with Gasteiger partial charge in [-0.05, 0) is 43.2 Å². The Morgan fingerprint density at radius 3 is 2.70 bits per heavy atom. The molecule has 0 radical (unpaired) electrons. The number of nitrogens with zero attached hydrogens (tertiary/aromatic N) is 2. The number of ether oxygens (including phenoxy) is 1. The first kappa shape index (κ1) is 15.6. The largest absolute Gasteiger partial charge is 0.481 e. The first-order chi connectivity index (χ1) is 11.1. The van der Waals surface area contributed by atoms with E-state index >= 15 is 0 Å². The predicted octanol–water partition coefficient (Wildman–Crippen LogP) is 4.61. The van der Waals surface area contributed by atoms with Crippen LogP contribution in [0.1, 0.15) is 22.6 Å². The summed E-state index contributed by atoms with van der Waals surface area (Å²) in [6, 6.07) is 9.73. The van der Waals surface area contributed by atoms with Crippen molar-refractivity contribution in [2.24, 2.45) is 0 Å². The molecule has 1 aromatic carbocycles. The Morgan fingerprint density at radius 1 is 1.22 bits per heavy atom. The van der Waals surface area contributed by atoms with E-state index in [0.717, 1.165) is 33.7 Å². The fraction of sp³-hybridized carbons (Fsp3) is 0.222. The van der Waals surface area contributed by atoms with Gasteiger partial charge in [0.05, 0.1) is 12.8 Å². The second-order valence-electron chi connectivity index (χ2n) is 5.39. The van der Waals surface area contributed by atoms with Gasteiger partial charge in [-0.3, -0.25) is 0 Å². The molecule has 0 aliphatic carbocycles. The molecule has 118 valence electrons. The summed E-state index contributed by atoms with van der Waals surface area (Å²) in [6.45, 7) is 3.87. The molecule has 0 aliphatic rings. The third kappa shape index (κ3) is 3.22. The molecular formula is C18H17ClN2O2. The van der Waals surface area contributed by atoms with Crippen LogP contribution in [0.2, 0.25) is 5.02 Å². The Bertz CT molecular complexity index is 823. The third-order valence-corrected chi connectivity index (χ3v) is 4.03. The van der Waals surface area contributed by atoms with E-state index in [4.69, 9.17) is 20.9 Å². The molecule has 0 aliphatic heterocycles. The zero-order valence-electron chi connectivity index (χ0n) is 13.3. The van der Waals surface area contributed by atoms with Crippen LogP contribution in [0, 0.1) is 13.8 Å². The second-order valence-corrected chi connectivity index (χ2v) is 5.83. The van der Waals surface area contributed by atoms with Gasteiger partial charge in [-0.2, -0.15) is 0 Å². The summed E-state index contributed by atoms with van der Waals surface area (Å²) in [5.41, 5.74) is 4.95. The van der Waals surface area contributed by atoms with E-state index in [1.54, 1.807) is 7.11 Å². The Morgan fingerprint density at radius 2 is 2.04 bits per heavy atom. The molecule has 23 heavy (non-hydrogen) atoms. The number of aromatic nitrogens is 2. The van der Waals surface area contributed by atoms with Crippen molar-refractivity contribution in [2.45, 2.75) is 20.3 Å². The van der Waals surface area contributed by atoms with Gasteiger partial charge in [0.25, 0.3) is 0 Å². The lowest BCUT2D eigenvalue weighted by molar-refractivity contribution is 0.392. The molecule has 2 aromatic heterocycles. The third-order valence-electron chi connectivity index (χ3n) is 3.80. The van der Waals surface area contributed by atoms with Crippen molar-refractivity contribution in [1.29, 1.82) is 0 Å². The molecule has 3 aromatic rings. The molecule has 0 unspecified atom stereocenters. The van der Waals surface area contributed by atoms with Crippen molar-refractivity contribution in [3.05, 3.63) is 64.1 Å². The SMILES string of the molecule is COc1ncc(Cc2c(C)noc2C)cc1-c1cccc(Cl)c1. The lowest BCUT2D eigenvalue weighted by Gasteiger charge is -2.10. The number of aryl methyl sites for hydroxylation is 2. The molecule has 0 atom stereocenters. The summed E-state index contributed by atoms with van der Waals surface area (Å²) in [4.78, 5) is 4.43. The molecule has 0 amide bonds. The molecule has 4 nitrogen and oxygen atoms in total. The topological polar surface area (TPSA) is 48.2 Å². The molecule has 0 bridgehead atoms. The minimum absolute atomic E-state index is 0.578. The van der Waals surface area contributed by atoms with Crippen LogP contribution in [-0.4, -0.2) is 17.3 Å². The quantitative estimate of drug-likeness (QED) is 0.702. The van der Waals surface area contributed by atoms with Crippen LogP contribution in [0.15, 0.2) is 41.1 Å². The molecule has 0 saturated heterocycles. The van der Waals surface area contributed by atoms with Crippen LogP contribution >= 0.6 is 11.6 Å². The summed E-state index contributed by atoms with van der Waals surface area (Å²) in [5, 5.41) is 4.68. The molecule has 0 fully saturated rings. The number of benzene rings is 1. The highest BCUT2D eigenvalue weighted by molar-refractivity contribution is 6.30. The van der Waals surface area contributed by atoms with Crippen LogP contribution in [-0.2, 0) is 6.42 Å². The second kappa shape index (κ2) is 6.42. The minimum Gasteiger partial charge on any atom is -0.481 e. The van der Waals surface area contributed by atoms with Crippen molar-refractivity contribution >= 4 is 11.6 Å². The fourth-order valence-corrected chi connectivity index (χ4v) is 2.77. The maximum Gasteiger partial charge on any atom is 0.221 e. The Labute approximate surface area is 140 Å². The summed E-state index contributed by atoms with van der Waals surface area (Å²) < 4.78 is 10.6. The van der Waals surface area contributed by atoms with E-state index in [1.807, 2.05) is 44.3 Å². The number of rotatable bonds is 4. The van der Waals surface area contributed by atoms with E-state index < -0.39 is 0 Å². The normalized spacial score (nSPS) is 10.8. The van der Waals surface area contributed by atoms with Gasteiger partial charge in [-0.1, -0.05) is 28.9 Å². The van der Waals surface area contributed by atoms with E-state index in [-0.39, 0.29) is 0 Å². The van der Waals surface area contributed by atoms with Gasteiger partial charge < -0.3 is 9.26 Å². The summed E-state index contributed by atoms with van der Waals surface area (Å²) in [5.74, 6) is 1.41. The zero-order valence-corrected chi connectivity index (χ0v) is 14.0. The van der Waals surface area contributed by atoms with Gasteiger partial charge in [-0.15, -0.1) is 0 Å². The first-order valence-electron chi connectivity index (χ1n) is 7.29. The average Bonchev–Trinajstić information content (AvgIpc) is 2.87. The lowest BCUT2D eigenvalue weighted by Crippen LogP contribution is -1.97. The molecule has 0 N–H and O–H groups in total. The maximum atomic E-state index is 6.10. The number of hydrogen-bond acceptors (Lipinski definition) is 4. The van der Waals surface area contributed by atoms with E-state index in [9.17, 15) is 0 Å². The number of methoxy groups -OCH3 is 1. The highest BCUT2D eigenvalue weighted by Gasteiger charge is 2.13. The van der Waals surface area contributed by atoms with Gasteiger partial charge in [-0.25, -0.2) is 4.98 Å². The van der Waals surface area contributed by atoms with Gasteiger partial charge >= 0.3 is 0 Å². The van der Waals surface area contributed by atoms with Crippen LogP contribution in [0.5, 0.6) is 5.88 Å². The fourth-order valence-electron chi connectivity index (χ4n) is 2.58. The molecule has 0 spiro atoms. The molecule has 0 saturated carbocycles. The van der Waals surface area contributed by atoms with Gasteiger partial charge in [0.2, 0.25) is 5.88 Å². The number of halogens is 1. The Kier molecular flexibility index (Phi) is 4.35. The van der Waals surface area contributed by atoms with Crippen LogP contribution in [0.4, 0.5) is 0 Å². The molecular weight excluding hydrogens is 312 g/mol. The molecule has 5 heteroatoms. The number of hydrogen-bond donors (Lipinski definition) is 0. The Hall–Kier alpha value is -2.33. The monoisotopic (exact) mass is 328 g/mol. The molecule has 3 rings (SSSR count). The highest BCUT2D eigenvalue weighted by Crippen LogP contribution is 2.31. The molecule has 2 heterocycles. The van der Waals surface area contributed by atoms with Crippen LogP contribution in [0.25, 0.3) is 11.1 Å². The Balaban J connectivity index is 2.03. The standard InChI is InChI=1S/C18H17ClN2O2/c1-11-16(12(2)23-21-11)7-13-8-17(18(22-3)20-10-13)14-5-4-6-15(19)9-14/h4-6,8-10H,7H2,1-3H3. The maximum absolute atomic E-state index is 6.10. The van der Waals surface area contributed by atoms with Crippen LogP contribution in [0.3, 0.4) is 0 Å². The minimum atomic E-state index is 0.578. The van der Waals surface area contributed by atoms with E-state index in [2.05, 4.69) is 16.2 Å². The zero-order chi connectivity index (χ0) is 16.4. The predicted molar refractivity (Wildman–Crippen MR) is 90.0 cm³/mol. The smallest absolute Gasteiger partial charge is 0.221 e. The van der Waals surface area contributed by atoms with E-state index in [1.165, 1.54) is 0 Å². The first-order valence-corrected chi connectivity index (χ1v) is 7.67. The van der Waals surface area contributed by atoms with Crippen LogP contribution < -0.4 is 4.74 Å². The highest BCUT2D eigenvalue weighted by atomic mass is 35.5. The summed E-state index contributed by atoms with van der Waals surface area (Å²) in [7, 11) is 1.62.